The first-order valence-electron chi connectivity index (χ1n) is 14.2. The zero-order valence-corrected chi connectivity index (χ0v) is 27.0. The van der Waals surface area contributed by atoms with Crippen LogP contribution < -0.4 is 15.3 Å². The van der Waals surface area contributed by atoms with Gasteiger partial charge in [-0.25, -0.2) is 0 Å². The van der Waals surface area contributed by atoms with E-state index in [1.54, 1.807) is 34.6 Å². The first-order valence-corrected chi connectivity index (χ1v) is 14.2. The molecule has 0 N–H and O–H groups in total. The van der Waals surface area contributed by atoms with Gasteiger partial charge in [-0.2, -0.15) is 0 Å². The van der Waals surface area contributed by atoms with Gasteiger partial charge in [0.2, 0.25) is 0 Å². The number of unbranched alkanes of at least 4 members (excludes halogenated alkanes) is 8. The van der Waals surface area contributed by atoms with Gasteiger partial charge in [-0.05, 0) is 25.7 Å². The average Bonchev–Trinajstić information content (AvgIpc) is 2.80. The monoisotopic (exact) mass is 688 g/mol. The van der Waals surface area contributed by atoms with Crippen LogP contribution in [0.2, 0.25) is 0 Å². The molecule has 0 heterocycles. The fourth-order valence-corrected chi connectivity index (χ4v) is 3.38. The second kappa shape index (κ2) is 24.7. The first-order chi connectivity index (χ1) is 16.6. The van der Waals surface area contributed by atoms with Gasteiger partial charge in [-0.15, -0.1) is 0 Å². The van der Waals surface area contributed by atoms with Crippen molar-refractivity contribution in [2.75, 3.05) is 0 Å². The Bertz CT molecular complexity index is 555. The van der Waals surface area contributed by atoms with E-state index in [0.29, 0.717) is 6.42 Å². The van der Waals surface area contributed by atoms with Crippen LogP contribution in [0.3, 0.4) is 0 Å². The third-order valence-corrected chi connectivity index (χ3v) is 7.02. The molecule has 0 amide bonds. The van der Waals surface area contributed by atoms with E-state index in [0.717, 1.165) is 64.2 Å². The van der Waals surface area contributed by atoms with E-state index in [9.17, 15) is 29.7 Å². The van der Waals surface area contributed by atoms with E-state index in [1.165, 1.54) is 25.7 Å². The molecule has 7 heteroatoms. The second-order valence-electron chi connectivity index (χ2n) is 11.6. The molecule has 0 rings (SSSR count). The van der Waals surface area contributed by atoms with Gasteiger partial charge in [0.1, 0.15) is 0 Å². The molecule has 1 atom stereocenters. The smallest absolute Gasteiger partial charge is 0.550 e. The summed E-state index contributed by atoms with van der Waals surface area (Å²) >= 11 is 0. The van der Waals surface area contributed by atoms with Crippen molar-refractivity contribution in [3.63, 3.8) is 0 Å². The summed E-state index contributed by atoms with van der Waals surface area (Å²) in [7, 11) is 0. The molecule has 0 bridgehead atoms. The molecule has 0 aliphatic heterocycles. The van der Waals surface area contributed by atoms with Crippen LogP contribution >= 0.6 is 0 Å². The number of carbonyl (C=O) groups excluding carboxylic acids is 3. The standard InChI is InChI=1S/3C10H20O2.Lu/c2*1-4-5-6-7-8-10(2,3)9(11)12;1-4-6-7-8-10(3,5-2)9(11)12;/h3*4-8H2,1-3H3,(H,11,12);/q;;;+3/p-3. The number of aliphatic carboxylic acids is 3. The van der Waals surface area contributed by atoms with Crippen LogP contribution in [0.1, 0.15) is 159 Å². The van der Waals surface area contributed by atoms with E-state index in [4.69, 9.17) is 0 Å². The third kappa shape index (κ3) is 24.4. The van der Waals surface area contributed by atoms with Crippen LogP contribution in [-0.2, 0) is 14.4 Å². The molecule has 6 nitrogen and oxygen atoms in total. The maximum atomic E-state index is 10.7. The SMILES string of the molecule is CCCCCC(C)(CC)C(=O)[O-].CCCCCCC(C)(C)C(=O)[O-].CCCCCCC(C)(C)C(=O)[O-].[Lu+3]. The van der Waals surface area contributed by atoms with Gasteiger partial charge < -0.3 is 29.7 Å². The number of carbonyl (C=O) groups is 3. The molecule has 0 fully saturated rings. The van der Waals surface area contributed by atoms with Crippen molar-refractivity contribution in [3.8, 4) is 0 Å². The zero-order chi connectivity index (χ0) is 28.8. The maximum Gasteiger partial charge on any atom is 3.00 e. The van der Waals surface area contributed by atoms with Crippen molar-refractivity contribution >= 4 is 17.9 Å². The molecule has 0 saturated carbocycles. The normalized spacial score (nSPS) is 12.6. The first kappa shape index (κ1) is 43.7. The quantitative estimate of drug-likeness (QED) is 0.183. The van der Waals surface area contributed by atoms with E-state index >= 15 is 0 Å². The Labute approximate surface area is 258 Å². The van der Waals surface area contributed by atoms with Gasteiger partial charge in [-0.3, -0.25) is 0 Å². The van der Waals surface area contributed by atoms with Crippen LogP contribution in [0.25, 0.3) is 0 Å². The Morgan fingerprint density at radius 1 is 0.486 bits per heavy atom. The third-order valence-electron chi connectivity index (χ3n) is 7.02. The topological polar surface area (TPSA) is 120 Å². The Hall–Kier alpha value is -0.356. The summed E-state index contributed by atoms with van der Waals surface area (Å²) in [6.07, 6.45) is 15.1. The molecule has 0 spiro atoms. The van der Waals surface area contributed by atoms with Crippen LogP contribution in [0.5, 0.6) is 0 Å². The summed E-state index contributed by atoms with van der Waals surface area (Å²) in [5.41, 5.74) is -1.89. The number of hydrogen-bond donors (Lipinski definition) is 0. The minimum atomic E-state index is -0.931. The molecule has 0 aromatic rings. The molecule has 0 aromatic heterocycles. The van der Waals surface area contributed by atoms with Crippen LogP contribution in [0, 0.1) is 53.1 Å². The molecular formula is C30H57LuO6. The molecule has 0 radical (unpaired) electrons. The van der Waals surface area contributed by atoms with Crippen LogP contribution in [-0.4, -0.2) is 17.9 Å². The summed E-state index contributed by atoms with van der Waals surface area (Å²) in [4.78, 5) is 31.9. The predicted molar refractivity (Wildman–Crippen MR) is 143 cm³/mol. The number of carboxylic acid groups (broad SMARTS) is 3. The Morgan fingerprint density at radius 3 is 1.03 bits per heavy atom. The zero-order valence-electron chi connectivity index (χ0n) is 25.3. The van der Waals surface area contributed by atoms with E-state index < -0.39 is 34.2 Å². The Kier molecular flexibility index (Phi) is 29.1. The van der Waals surface area contributed by atoms with Crippen molar-refractivity contribution in [2.24, 2.45) is 16.2 Å². The molecule has 0 aromatic carbocycles. The average molecular weight is 689 g/mol. The molecule has 0 saturated heterocycles. The summed E-state index contributed by atoms with van der Waals surface area (Å²) < 4.78 is 0. The van der Waals surface area contributed by atoms with E-state index in [2.05, 4.69) is 20.8 Å². The summed E-state index contributed by atoms with van der Waals surface area (Å²) in [6.45, 7) is 17.0. The molecule has 228 valence electrons. The van der Waals surface area contributed by atoms with Crippen LogP contribution in [0.4, 0.5) is 0 Å². The molecule has 0 aliphatic carbocycles. The van der Waals surface area contributed by atoms with Crippen molar-refractivity contribution in [2.45, 2.75) is 159 Å². The fraction of sp³-hybridized carbons (Fsp3) is 0.900. The van der Waals surface area contributed by atoms with Gasteiger partial charge in [-0.1, -0.05) is 133 Å². The predicted octanol–water partition coefficient (Wildman–Crippen LogP) is 5.20. The van der Waals surface area contributed by atoms with Gasteiger partial charge in [0, 0.05) is 34.2 Å². The number of hydrogen-bond acceptors (Lipinski definition) is 6. The summed E-state index contributed by atoms with van der Waals surface area (Å²) in [5, 5.41) is 31.9. The molecule has 1 unspecified atom stereocenters. The maximum absolute atomic E-state index is 10.7. The number of rotatable bonds is 18. The van der Waals surface area contributed by atoms with Gasteiger partial charge in [0.15, 0.2) is 0 Å². The number of carboxylic acids is 3. The molecule has 0 aliphatic rings. The minimum Gasteiger partial charge on any atom is -0.550 e. The van der Waals surface area contributed by atoms with Crippen molar-refractivity contribution < 1.29 is 66.6 Å². The van der Waals surface area contributed by atoms with E-state index in [1.807, 2.05) is 6.92 Å². The van der Waals surface area contributed by atoms with Crippen LogP contribution in [0.15, 0.2) is 0 Å². The van der Waals surface area contributed by atoms with Gasteiger partial charge >= 0.3 is 36.9 Å². The molecular weight excluding hydrogens is 631 g/mol. The van der Waals surface area contributed by atoms with E-state index in [-0.39, 0.29) is 36.9 Å². The summed E-state index contributed by atoms with van der Waals surface area (Å²) in [5.74, 6) is -2.76. The summed E-state index contributed by atoms with van der Waals surface area (Å²) in [6, 6.07) is 0. The molecule has 37 heavy (non-hydrogen) atoms. The second-order valence-corrected chi connectivity index (χ2v) is 11.6. The van der Waals surface area contributed by atoms with Gasteiger partial charge in [0.05, 0.1) is 0 Å². The van der Waals surface area contributed by atoms with Crippen molar-refractivity contribution in [1.29, 1.82) is 0 Å². The van der Waals surface area contributed by atoms with Gasteiger partial charge in [0.25, 0.3) is 0 Å². The van der Waals surface area contributed by atoms with Crippen molar-refractivity contribution in [3.05, 3.63) is 0 Å². The largest absolute Gasteiger partial charge is 3.00 e. The minimum absolute atomic E-state index is 0. The fourth-order valence-electron chi connectivity index (χ4n) is 3.38. The Morgan fingerprint density at radius 2 is 0.784 bits per heavy atom. The Balaban J connectivity index is -0.000000218. The van der Waals surface area contributed by atoms with Crippen molar-refractivity contribution in [1.82, 2.24) is 0 Å².